The Balaban J connectivity index is 2.96. The normalized spacial score (nSPS) is 11.7. The van der Waals surface area contributed by atoms with Crippen LogP contribution in [-0.2, 0) is 0 Å². The standard InChI is InChI=1S/C11H15N3O3/c1-11(2,3)14(10(16)17)13-7-8-5-4-6-12-9(8)15/h4-7H,1-3H3,(H,12,15)(H,16,17)/b13-7-. The quantitative estimate of drug-likeness (QED) is 0.607. The van der Waals surface area contributed by atoms with Crippen LogP contribution in [0.4, 0.5) is 4.79 Å². The van der Waals surface area contributed by atoms with Gasteiger partial charge in [0.2, 0.25) is 5.88 Å². The van der Waals surface area contributed by atoms with E-state index in [-0.39, 0.29) is 5.88 Å². The average Bonchev–Trinajstić information content (AvgIpc) is 2.18. The van der Waals surface area contributed by atoms with Gasteiger partial charge in [0.15, 0.2) is 0 Å². The van der Waals surface area contributed by atoms with Gasteiger partial charge in [-0.25, -0.2) is 9.78 Å². The molecular formula is C11H15N3O3. The van der Waals surface area contributed by atoms with Crippen molar-refractivity contribution in [3.8, 4) is 5.88 Å². The second-order valence-corrected chi connectivity index (χ2v) is 4.43. The molecule has 0 aliphatic rings. The molecule has 1 aromatic heterocycles. The highest BCUT2D eigenvalue weighted by atomic mass is 16.4. The summed E-state index contributed by atoms with van der Waals surface area (Å²) in [5.41, 5.74) is -0.289. The van der Waals surface area contributed by atoms with Gasteiger partial charge in [-0.1, -0.05) is 0 Å². The molecule has 0 saturated carbocycles. The molecule has 0 aliphatic carbocycles. The minimum Gasteiger partial charge on any atom is -0.493 e. The van der Waals surface area contributed by atoms with Crippen molar-refractivity contribution in [2.24, 2.45) is 5.10 Å². The number of rotatable bonds is 2. The largest absolute Gasteiger partial charge is 0.493 e. The Morgan fingerprint density at radius 3 is 2.65 bits per heavy atom. The van der Waals surface area contributed by atoms with Crippen LogP contribution in [0.25, 0.3) is 0 Å². The van der Waals surface area contributed by atoms with Crippen LogP contribution in [0.15, 0.2) is 23.4 Å². The molecule has 1 heterocycles. The monoisotopic (exact) mass is 237 g/mol. The number of amides is 1. The van der Waals surface area contributed by atoms with E-state index >= 15 is 0 Å². The number of hydrogen-bond donors (Lipinski definition) is 2. The molecular weight excluding hydrogens is 222 g/mol. The molecule has 0 aromatic carbocycles. The first-order chi connectivity index (χ1) is 7.82. The Hall–Kier alpha value is -2.11. The Labute approximate surface area is 99.2 Å². The Bertz CT molecular complexity index is 438. The summed E-state index contributed by atoms with van der Waals surface area (Å²) in [6.07, 6.45) is 1.55. The van der Waals surface area contributed by atoms with E-state index in [1.54, 1.807) is 32.9 Å². The molecule has 0 saturated heterocycles. The minimum absolute atomic E-state index is 0.185. The zero-order valence-electron chi connectivity index (χ0n) is 9.95. The van der Waals surface area contributed by atoms with E-state index in [0.717, 1.165) is 5.01 Å². The van der Waals surface area contributed by atoms with E-state index in [9.17, 15) is 9.90 Å². The van der Waals surface area contributed by atoms with Gasteiger partial charge in [0.1, 0.15) is 0 Å². The van der Waals surface area contributed by atoms with Crippen molar-refractivity contribution >= 4 is 12.3 Å². The number of carbonyl (C=O) groups is 1. The van der Waals surface area contributed by atoms with Crippen LogP contribution in [0.3, 0.4) is 0 Å². The highest BCUT2D eigenvalue weighted by Crippen LogP contribution is 2.15. The van der Waals surface area contributed by atoms with Crippen molar-refractivity contribution < 1.29 is 15.0 Å². The second-order valence-electron chi connectivity index (χ2n) is 4.43. The number of aromatic hydroxyl groups is 1. The molecule has 2 N–H and O–H groups in total. The number of nitrogens with zero attached hydrogens (tertiary/aromatic N) is 3. The third-order valence-corrected chi connectivity index (χ3v) is 1.95. The van der Waals surface area contributed by atoms with Crippen LogP contribution in [-0.4, -0.2) is 38.1 Å². The predicted octanol–water partition coefficient (Wildman–Crippen LogP) is 1.90. The third kappa shape index (κ3) is 3.44. The highest BCUT2D eigenvalue weighted by molar-refractivity contribution is 5.83. The van der Waals surface area contributed by atoms with Crippen LogP contribution >= 0.6 is 0 Å². The summed E-state index contributed by atoms with van der Waals surface area (Å²) in [4.78, 5) is 14.6. The molecule has 0 bridgehead atoms. The van der Waals surface area contributed by atoms with Gasteiger partial charge in [-0.15, -0.1) is 0 Å². The lowest BCUT2D eigenvalue weighted by atomic mass is 10.1. The lowest BCUT2D eigenvalue weighted by Crippen LogP contribution is -2.41. The molecule has 6 heteroatoms. The molecule has 92 valence electrons. The molecule has 1 amide bonds. The Morgan fingerprint density at radius 2 is 2.18 bits per heavy atom. The van der Waals surface area contributed by atoms with Gasteiger partial charge in [-0.05, 0) is 32.9 Å². The Kier molecular flexibility index (Phi) is 3.67. The zero-order valence-corrected chi connectivity index (χ0v) is 9.95. The number of hydrogen-bond acceptors (Lipinski definition) is 4. The maximum atomic E-state index is 11.0. The van der Waals surface area contributed by atoms with Gasteiger partial charge in [-0.3, -0.25) is 0 Å². The number of hydrazone groups is 1. The smallest absolute Gasteiger partial charge is 0.428 e. The average molecular weight is 237 g/mol. The van der Waals surface area contributed by atoms with E-state index in [1.807, 2.05) is 0 Å². The Morgan fingerprint density at radius 1 is 1.53 bits per heavy atom. The maximum absolute atomic E-state index is 11.0. The van der Waals surface area contributed by atoms with Crippen molar-refractivity contribution in [3.05, 3.63) is 23.9 Å². The van der Waals surface area contributed by atoms with Gasteiger partial charge >= 0.3 is 6.09 Å². The van der Waals surface area contributed by atoms with Crippen molar-refractivity contribution in [2.75, 3.05) is 0 Å². The molecule has 17 heavy (non-hydrogen) atoms. The molecule has 1 aromatic rings. The van der Waals surface area contributed by atoms with Crippen molar-refractivity contribution in [1.82, 2.24) is 9.99 Å². The fourth-order valence-corrected chi connectivity index (χ4v) is 1.14. The molecule has 0 aliphatic heterocycles. The third-order valence-electron chi connectivity index (χ3n) is 1.95. The zero-order chi connectivity index (χ0) is 13.1. The molecule has 0 spiro atoms. The van der Waals surface area contributed by atoms with E-state index in [2.05, 4.69) is 10.1 Å². The van der Waals surface area contributed by atoms with Crippen molar-refractivity contribution in [2.45, 2.75) is 26.3 Å². The van der Waals surface area contributed by atoms with Crippen molar-refractivity contribution in [1.29, 1.82) is 0 Å². The lowest BCUT2D eigenvalue weighted by molar-refractivity contribution is 0.103. The van der Waals surface area contributed by atoms with Crippen LogP contribution in [0, 0.1) is 0 Å². The molecule has 6 nitrogen and oxygen atoms in total. The van der Waals surface area contributed by atoms with Gasteiger partial charge in [0, 0.05) is 6.20 Å². The maximum Gasteiger partial charge on any atom is 0.428 e. The van der Waals surface area contributed by atoms with E-state index in [4.69, 9.17) is 5.11 Å². The predicted molar refractivity (Wildman–Crippen MR) is 63.1 cm³/mol. The summed E-state index contributed by atoms with van der Waals surface area (Å²) in [6.45, 7) is 5.17. The van der Waals surface area contributed by atoms with Gasteiger partial charge in [-0.2, -0.15) is 10.1 Å². The van der Waals surface area contributed by atoms with E-state index in [1.165, 1.54) is 12.4 Å². The fraction of sp³-hybridized carbons (Fsp3) is 0.364. The molecule has 0 unspecified atom stereocenters. The SMILES string of the molecule is CC(C)(C)N(/N=C\c1cccnc1O)C(=O)O. The first-order valence-electron chi connectivity index (χ1n) is 5.03. The summed E-state index contributed by atoms with van der Waals surface area (Å²) in [7, 11) is 0. The summed E-state index contributed by atoms with van der Waals surface area (Å²) < 4.78 is 0. The van der Waals surface area contributed by atoms with Crippen molar-refractivity contribution in [3.63, 3.8) is 0 Å². The molecule has 1 rings (SSSR count). The lowest BCUT2D eigenvalue weighted by Gasteiger charge is -2.27. The van der Waals surface area contributed by atoms with Crippen LogP contribution in [0.2, 0.25) is 0 Å². The number of aromatic nitrogens is 1. The van der Waals surface area contributed by atoms with Crippen LogP contribution in [0.1, 0.15) is 26.3 Å². The first kappa shape index (κ1) is 13.0. The minimum atomic E-state index is -1.16. The topological polar surface area (TPSA) is 86.0 Å². The number of pyridine rings is 1. The van der Waals surface area contributed by atoms with E-state index in [0.29, 0.717) is 5.56 Å². The summed E-state index contributed by atoms with van der Waals surface area (Å²) in [6, 6.07) is 3.22. The molecule has 0 radical (unpaired) electrons. The summed E-state index contributed by atoms with van der Waals surface area (Å²) in [5, 5.41) is 23.1. The van der Waals surface area contributed by atoms with Gasteiger partial charge in [0.25, 0.3) is 0 Å². The molecule has 0 atom stereocenters. The first-order valence-corrected chi connectivity index (χ1v) is 5.03. The van der Waals surface area contributed by atoms with E-state index < -0.39 is 11.6 Å². The highest BCUT2D eigenvalue weighted by Gasteiger charge is 2.25. The number of carboxylic acid groups (broad SMARTS) is 1. The van der Waals surface area contributed by atoms with Gasteiger partial charge in [0.05, 0.1) is 17.3 Å². The summed E-state index contributed by atoms with van der Waals surface area (Å²) in [5.74, 6) is -0.185. The second kappa shape index (κ2) is 4.82. The van der Waals surface area contributed by atoms with Crippen LogP contribution < -0.4 is 0 Å². The van der Waals surface area contributed by atoms with Crippen LogP contribution in [0.5, 0.6) is 5.88 Å². The molecule has 0 fully saturated rings. The van der Waals surface area contributed by atoms with Gasteiger partial charge < -0.3 is 10.2 Å². The fourth-order valence-electron chi connectivity index (χ4n) is 1.14. The summed E-state index contributed by atoms with van der Waals surface area (Å²) >= 11 is 0.